The van der Waals surface area contributed by atoms with E-state index in [-0.39, 0.29) is 28.2 Å². The fraction of sp³-hybridized carbons (Fsp3) is 0.625. The second-order valence-electron chi connectivity index (χ2n) is 6.56. The summed E-state index contributed by atoms with van der Waals surface area (Å²) in [6.45, 7) is 2.41. The molecule has 0 radical (unpaired) electrons. The topological polar surface area (TPSA) is 86.8 Å². The zero-order chi connectivity index (χ0) is 18.1. The number of nitrogens with zero attached hydrogens (tertiary/aromatic N) is 2. The number of hydrogen-bond donors (Lipinski definition) is 1. The van der Waals surface area contributed by atoms with E-state index < -0.39 is 20.0 Å². The third-order valence-corrected chi connectivity index (χ3v) is 9.07. The van der Waals surface area contributed by atoms with E-state index in [9.17, 15) is 16.8 Å². The number of rotatable bonds is 5. The summed E-state index contributed by atoms with van der Waals surface area (Å²) in [6, 6.07) is 5.83. The van der Waals surface area contributed by atoms with Crippen molar-refractivity contribution in [2.45, 2.75) is 41.5 Å². The highest BCUT2D eigenvalue weighted by molar-refractivity contribution is 7.92. The van der Waals surface area contributed by atoms with E-state index in [1.807, 2.05) is 0 Å². The smallest absolute Gasteiger partial charge is 0.244 e. The van der Waals surface area contributed by atoms with Crippen molar-refractivity contribution >= 4 is 32.5 Å². The number of piperidine rings is 1. The third-order valence-electron chi connectivity index (χ3n) is 5.01. The van der Waals surface area contributed by atoms with Gasteiger partial charge < -0.3 is 5.32 Å². The molecule has 0 aliphatic carbocycles. The number of nitrogens with one attached hydrogen (secondary N) is 1. The lowest BCUT2D eigenvalue weighted by Crippen LogP contribution is -2.44. The van der Waals surface area contributed by atoms with Gasteiger partial charge >= 0.3 is 0 Å². The second-order valence-corrected chi connectivity index (χ2v) is 10.4. The van der Waals surface area contributed by atoms with E-state index in [0.717, 1.165) is 38.8 Å². The fourth-order valence-corrected chi connectivity index (χ4v) is 7.17. The Bertz CT molecular complexity index is 818. The van der Waals surface area contributed by atoms with Gasteiger partial charge in [0.1, 0.15) is 9.79 Å². The molecular formula is C16H26ClN3O4S2. The van der Waals surface area contributed by atoms with Gasteiger partial charge in [-0.3, -0.25) is 0 Å². The average Bonchev–Trinajstić information content (AvgIpc) is 3.17. The van der Waals surface area contributed by atoms with Crippen LogP contribution in [0.4, 0.5) is 0 Å². The highest BCUT2D eigenvalue weighted by atomic mass is 35.5. The van der Waals surface area contributed by atoms with Crippen LogP contribution in [-0.4, -0.2) is 64.7 Å². The standard InChI is InChI=1S/C16H25N3O4S2.ClH/c1-18(14-8-10-17-11-9-14)24(20,21)15-6-2-3-7-16(15)25(22,23)19-12-4-5-13-19;/h2-3,6-7,14,17H,4-5,8-13H2,1H3;1H. The molecular weight excluding hydrogens is 398 g/mol. The van der Waals surface area contributed by atoms with Crippen LogP contribution < -0.4 is 5.32 Å². The van der Waals surface area contributed by atoms with Gasteiger partial charge in [-0.2, -0.15) is 8.61 Å². The van der Waals surface area contributed by atoms with Crippen LogP contribution in [0.2, 0.25) is 0 Å². The Hall–Kier alpha value is -0.710. The Kier molecular flexibility index (Phi) is 7.09. The summed E-state index contributed by atoms with van der Waals surface area (Å²) in [4.78, 5) is -0.236. The number of halogens is 1. The quantitative estimate of drug-likeness (QED) is 0.770. The van der Waals surface area contributed by atoms with Crippen molar-refractivity contribution < 1.29 is 16.8 Å². The molecule has 148 valence electrons. The molecule has 2 aliphatic heterocycles. The van der Waals surface area contributed by atoms with Gasteiger partial charge in [-0.05, 0) is 50.9 Å². The molecule has 2 saturated heterocycles. The Morgan fingerprint density at radius 3 is 2.12 bits per heavy atom. The zero-order valence-corrected chi connectivity index (χ0v) is 17.2. The van der Waals surface area contributed by atoms with Gasteiger partial charge in [0.05, 0.1) is 0 Å². The van der Waals surface area contributed by atoms with E-state index in [0.29, 0.717) is 13.1 Å². The Morgan fingerprint density at radius 1 is 1.00 bits per heavy atom. The normalized spacial score (nSPS) is 20.2. The van der Waals surface area contributed by atoms with Gasteiger partial charge in [0.25, 0.3) is 0 Å². The molecule has 10 heteroatoms. The van der Waals surface area contributed by atoms with Crippen molar-refractivity contribution in [3.8, 4) is 0 Å². The second kappa shape index (κ2) is 8.53. The maximum atomic E-state index is 13.1. The van der Waals surface area contributed by atoms with E-state index >= 15 is 0 Å². The molecule has 1 aromatic rings. The Balaban J connectivity index is 0.00000243. The minimum absolute atomic E-state index is 0. The first-order valence-corrected chi connectivity index (χ1v) is 11.5. The number of benzene rings is 1. The molecule has 0 spiro atoms. The predicted octanol–water partition coefficient (Wildman–Crippen LogP) is 1.27. The molecule has 7 nitrogen and oxygen atoms in total. The first kappa shape index (κ1) is 21.6. The molecule has 26 heavy (non-hydrogen) atoms. The molecule has 1 aromatic carbocycles. The SMILES string of the molecule is CN(C1CCNCC1)S(=O)(=O)c1ccccc1S(=O)(=O)N1CCCC1.Cl. The maximum absolute atomic E-state index is 13.1. The van der Waals surface area contributed by atoms with Crippen LogP contribution in [0.25, 0.3) is 0 Å². The van der Waals surface area contributed by atoms with Crippen LogP contribution in [0, 0.1) is 0 Å². The molecule has 0 aromatic heterocycles. The molecule has 1 N–H and O–H groups in total. The summed E-state index contributed by atoms with van der Waals surface area (Å²) in [5, 5.41) is 3.21. The lowest BCUT2D eigenvalue weighted by atomic mass is 10.1. The molecule has 0 atom stereocenters. The van der Waals surface area contributed by atoms with Gasteiger partial charge in [0.2, 0.25) is 20.0 Å². The highest BCUT2D eigenvalue weighted by Crippen LogP contribution is 2.29. The molecule has 2 aliphatic rings. The van der Waals surface area contributed by atoms with Crippen LogP contribution in [-0.2, 0) is 20.0 Å². The summed E-state index contributed by atoms with van der Waals surface area (Å²) in [5.41, 5.74) is 0. The van der Waals surface area contributed by atoms with E-state index in [1.165, 1.54) is 20.7 Å². The van der Waals surface area contributed by atoms with Gasteiger partial charge in [0.15, 0.2) is 0 Å². The maximum Gasteiger partial charge on any atom is 0.244 e. The molecule has 2 fully saturated rings. The third kappa shape index (κ3) is 4.07. The first-order chi connectivity index (χ1) is 11.8. The summed E-state index contributed by atoms with van der Waals surface area (Å²) < 4.78 is 54.9. The van der Waals surface area contributed by atoms with Crippen LogP contribution in [0.15, 0.2) is 34.1 Å². The summed E-state index contributed by atoms with van der Waals surface area (Å²) in [6.07, 6.45) is 3.06. The first-order valence-electron chi connectivity index (χ1n) is 8.63. The lowest BCUT2D eigenvalue weighted by Gasteiger charge is -2.31. The number of hydrogen-bond acceptors (Lipinski definition) is 5. The summed E-state index contributed by atoms with van der Waals surface area (Å²) in [7, 11) is -6.14. The number of sulfonamides is 2. The van der Waals surface area contributed by atoms with Crippen LogP contribution in [0.3, 0.4) is 0 Å². The van der Waals surface area contributed by atoms with Crippen molar-refractivity contribution in [2.75, 3.05) is 33.2 Å². The zero-order valence-electron chi connectivity index (χ0n) is 14.8. The molecule has 2 heterocycles. The largest absolute Gasteiger partial charge is 0.317 e. The summed E-state index contributed by atoms with van der Waals surface area (Å²) in [5.74, 6) is 0. The van der Waals surface area contributed by atoms with Crippen molar-refractivity contribution in [3.05, 3.63) is 24.3 Å². The Labute approximate surface area is 162 Å². The van der Waals surface area contributed by atoms with E-state index in [2.05, 4.69) is 5.32 Å². The molecule has 0 bridgehead atoms. The molecule has 0 amide bonds. The van der Waals surface area contributed by atoms with Gasteiger partial charge in [0, 0.05) is 26.2 Å². The highest BCUT2D eigenvalue weighted by Gasteiger charge is 2.36. The van der Waals surface area contributed by atoms with Crippen LogP contribution >= 0.6 is 12.4 Å². The van der Waals surface area contributed by atoms with Gasteiger partial charge in [-0.15, -0.1) is 12.4 Å². The molecule has 0 unspecified atom stereocenters. The summed E-state index contributed by atoms with van der Waals surface area (Å²) >= 11 is 0. The van der Waals surface area contributed by atoms with Crippen molar-refractivity contribution in [2.24, 2.45) is 0 Å². The molecule has 0 saturated carbocycles. The van der Waals surface area contributed by atoms with Gasteiger partial charge in [-0.25, -0.2) is 16.8 Å². The van der Waals surface area contributed by atoms with Gasteiger partial charge in [-0.1, -0.05) is 12.1 Å². The molecule has 3 rings (SSSR count). The van der Waals surface area contributed by atoms with E-state index in [4.69, 9.17) is 0 Å². The van der Waals surface area contributed by atoms with Crippen molar-refractivity contribution in [3.63, 3.8) is 0 Å². The minimum atomic E-state index is -3.88. The minimum Gasteiger partial charge on any atom is -0.317 e. The fourth-order valence-electron chi connectivity index (χ4n) is 3.47. The average molecular weight is 424 g/mol. The van der Waals surface area contributed by atoms with Crippen LogP contribution in [0.5, 0.6) is 0 Å². The Morgan fingerprint density at radius 2 is 1.54 bits per heavy atom. The van der Waals surface area contributed by atoms with Crippen molar-refractivity contribution in [1.29, 1.82) is 0 Å². The van der Waals surface area contributed by atoms with E-state index in [1.54, 1.807) is 19.2 Å². The predicted molar refractivity (Wildman–Crippen MR) is 103 cm³/mol. The van der Waals surface area contributed by atoms with Crippen LogP contribution in [0.1, 0.15) is 25.7 Å². The lowest BCUT2D eigenvalue weighted by molar-refractivity contribution is 0.296. The monoisotopic (exact) mass is 423 g/mol. The van der Waals surface area contributed by atoms with Crippen molar-refractivity contribution in [1.82, 2.24) is 13.9 Å².